The van der Waals surface area contributed by atoms with Crippen LogP contribution in [0.25, 0.3) is 0 Å². The first-order valence-corrected chi connectivity index (χ1v) is 7.30. The molecule has 21 heavy (non-hydrogen) atoms. The first-order chi connectivity index (χ1) is 9.99. The Hall–Kier alpha value is -2.69. The van der Waals surface area contributed by atoms with Crippen molar-refractivity contribution in [3.05, 3.63) is 59.7 Å². The predicted octanol–water partition coefficient (Wildman–Crippen LogP) is 2.25. The zero-order valence-corrected chi connectivity index (χ0v) is 11.6. The quantitative estimate of drug-likeness (QED) is 0.512. The highest BCUT2D eigenvalue weighted by molar-refractivity contribution is 7.85. The average Bonchev–Trinajstić information content (AvgIpc) is 2.47. The number of benzene rings is 2. The Labute approximate surface area is 122 Å². The minimum Gasteiger partial charge on any atom is -0.282 e. The molecule has 0 heterocycles. The fourth-order valence-electron chi connectivity index (χ4n) is 1.53. The van der Waals surface area contributed by atoms with Gasteiger partial charge in [-0.2, -0.15) is 18.8 Å². The van der Waals surface area contributed by atoms with Crippen LogP contribution >= 0.6 is 0 Å². The molecule has 0 unspecified atom stereocenters. The van der Waals surface area contributed by atoms with Gasteiger partial charge in [-0.1, -0.05) is 12.1 Å². The van der Waals surface area contributed by atoms with Crippen molar-refractivity contribution in [3.8, 4) is 6.07 Å². The highest BCUT2D eigenvalue weighted by atomic mass is 32.2. The summed E-state index contributed by atoms with van der Waals surface area (Å²) in [4.78, 5) is -0.177. The van der Waals surface area contributed by atoms with E-state index in [1.54, 1.807) is 30.5 Å². The van der Waals surface area contributed by atoms with E-state index in [4.69, 9.17) is 9.81 Å². The second-order valence-electron chi connectivity index (χ2n) is 4.10. The lowest BCUT2D eigenvalue weighted by molar-refractivity contribution is 0.483. The number of anilines is 1. The van der Waals surface area contributed by atoms with Crippen molar-refractivity contribution in [2.45, 2.75) is 4.90 Å². The van der Waals surface area contributed by atoms with Crippen molar-refractivity contribution in [1.29, 1.82) is 5.26 Å². The van der Waals surface area contributed by atoms with Crippen LogP contribution in [0.1, 0.15) is 11.1 Å². The van der Waals surface area contributed by atoms with Crippen molar-refractivity contribution < 1.29 is 13.0 Å². The Bertz CT molecular complexity index is 789. The summed E-state index contributed by atoms with van der Waals surface area (Å²) >= 11 is 0. The monoisotopic (exact) mass is 301 g/mol. The summed E-state index contributed by atoms with van der Waals surface area (Å²) in [6, 6.07) is 14.4. The van der Waals surface area contributed by atoms with Crippen LogP contribution in [0, 0.1) is 11.3 Å². The van der Waals surface area contributed by atoms with Gasteiger partial charge in [0.15, 0.2) is 0 Å². The predicted molar refractivity (Wildman–Crippen MR) is 78.6 cm³/mol. The molecular weight excluding hydrogens is 290 g/mol. The summed E-state index contributed by atoms with van der Waals surface area (Å²) in [6.45, 7) is 0. The second-order valence-corrected chi connectivity index (χ2v) is 5.52. The molecule has 0 aliphatic heterocycles. The van der Waals surface area contributed by atoms with Crippen LogP contribution < -0.4 is 5.43 Å². The van der Waals surface area contributed by atoms with Crippen LogP contribution in [0.4, 0.5) is 5.69 Å². The summed E-state index contributed by atoms with van der Waals surface area (Å²) in [7, 11) is -4.18. The molecule has 0 radical (unpaired) electrons. The lowest BCUT2D eigenvalue weighted by Crippen LogP contribution is -1.98. The largest absolute Gasteiger partial charge is 0.294 e. The normalized spacial score (nSPS) is 11.2. The zero-order chi connectivity index (χ0) is 15.3. The summed E-state index contributed by atoms with van der Waals surface area (Å²) in [5.41, 5.74) is 4.69. The average molecular weight is 301 g/mol. The molecule has 7 heteroatoms. The van der Waals surface area contributed by atoms with E-state index in [-0.39, 0.29) is 4.90 Å². The van der Waals surface area contributed by atoms with E-state index in [1.165, 1.54) is 24.3 Å². The first kappa shape index (κ1) is 14.7. The number of rotatable bonds is 4. The van der Waals surface area contributed by atoms with Gasteiger partial charge in [-0.05, 0) is 42.0 Å². The Kier molecular flexibility index (Phi) is 4.33. The van der Waals surface area contributed by atoms with Gasteiger partial charge < -0.3 is 0 Å². The molecule has 0 saturated carbocycles. The highest BCUT2D eigenvalue weighted by Crippen LogP contribution is 2.13. The molecule has 2 aromatic carbocycles. The fourth-order valence-corrected chi connectivity index (χ4v) is 2.01. The molecule has 2 aromatic rings. The molecule has 0 amide bonds. The summed E-state index contributed by atoms with van der Waals surface area (Å²) in [5.74, 6) is 0. The van der Waals surface area contributed by atoms with E-state index in [0.29, 0.717) is 11.3 Å². The topological polar surface area (TPSA) is 103 Å². The third-order valence-corrected chi connectivity index (χ3v) is 3.47. The molecule has 0 aromatic heterocycles. The van der Waals surface area contributed by atoms with Crippen molar-refractivity contribution in [1.82, 2.24) is 0 Å². The third-order valence-electron chi connectivity index (χ3n) is 2.60. The van der Waals surface area contributed by atoms with Crippen molar-refractivity contribution >= 4 is 22.0 Å². The maximum atomic E-state index is 10.9. The van der Waals surface area contributed by atoms with Crippen LogP contribution in [0.5, 0.6) is 0 Å². The number of nitrogens with zero attached hydrogens (tertiary/aromatic N) is 2. The maximum absolute atomic E-state index is 10.9. The molecule has 0 atom stereocenters. The van der Waals surface area contributed by atoms with Gasteiger partial charge in [-0.25, -0.2) is 0 Å². The molecule has 0 spiro atoms. The molecule has 2 rings (SSSR count). The molecule has 0 aliphatic rings. The van der Waals surface area contributed by atoms with Crippen molar-refractivity contribution in [2.75, 3.05) is 5.43 Å². The van der Waals surface area contributed by atoms with Crippen LogP contribution in [-0.2, 0) is 10.1 Å². The van der Waals surface area contributed by atoms with Gasteiger partial charge in [0.25, 0.3) is 10.1 Å². The summed E-state index contributed by atoms with van der Waals surface area (Å²) in [6.07, 6.45) is 1.57. The SMILES string of the molecule is N#Cc1ccc(/C=N/Nc2ccc(S(=O)(=O)O)cc2)cc1. The Morgan fingerprint density at radius 2 is 1.71 bits per heavy atom. The van der Waals surface area contributed by atoms with Gasteiger partial charge in [-0.3, -0.25) is 9.98 Å². The smallest absolute Gasteiger partial charge is 0.282 e. The lowest BCUT2D eigenvalue weighted by Gasteiger charge is -2.01. The highest BCUT2D eigenvalue weighted by Gasteiger charge is 2.07. The van der Waals surface area contributed by atoms with E-state index in [9.17, 15) is 8.42 Å². The van der Waals surface area contributed by atoms with Crippen LogP contribution in [0.3, 0.4) is 0 Å². The van der Waals surface area contributed by atoms with Crippen LogP contribution in [0.15, 0.2) is 58.5 Å². The minimum absolute atomic E-state index is 0.177. The Morgan fingerprint density at radius 1 is 1.10 bits per heavy atom. The van der Waals surface area contributed by atoms with E-state index >= 15 is 0 Å². The second kappa shape index (κ2) is 6.17. The Balaban J connectivity index is 2.02. The van der Waals surface area contributed by atoms with Gasteiger partial charge in [0, 0.05) is 0 Å². The molecule has 0 fully saturated rings. The van der Waals surface area contributed by atoms with E-state index < -0.39 is 10.1 Å². The maximum Gasteiger partial charge on any atom is 0.294 e. The molecule has 106 valence electrons. The van der Waals surface area contributed by atoms with Gasteiger partial charge in [0.2, 0.25) is 0 Å². The van der Waals surface area contributed by atoms with E-state index in [1.807, 2.05) is 6.07 Å². The van der Waals surface area contributed by atoms with Crippen molar-refractivity contribution in [3.63, 3.8) is 0 Å². The van der Waals surface area contributed by atoms with E-state index in [2.05, 4.69) is 10.5 Å². The van der Waals surface area contributed by atoms with E-state index in [0.717, 1.165) is 5.56 Å². The lowest BCUT2D eigenvalue weighted by atomic mass is 10.2. The number of nitriles is 1. The number of hydrogen-bond acceptors (Lipinski definition) is 5. The molecule has 0 bridgehead atoms. The summed E-state index contributed by atoms with van der Waals surface area (Å²) < 4.78 is 30.6. The molecule has 0 aliphatic carbocycles. The van der Waals surface area contributed by atoms with Gasteiger partial charge in [0.1, 0.15) is 0 Å². The van der Waals surface area contributed by atoms with Crippen molar-refractivity contribution in [2.24, 2.45) is 5.10 Å². The summed E-state index contributed by atoms with van der Waals surface area (Å²) in [5, 5.41) is 12.7. The zero-order valence-electron chi connectivity index (χ0n) is 10.8. The minimum atomic E-state index is -4.18. The van der Waals surface area contributed by atoms with Crippen LogP contribution in [-0.4, -0.2) is 19.2 Å². The standard InChI is InChI=1S/C14H11N3O3S/c15-9-11-1-3-12(4-2-11)10-16-17-13-5-7-14(8-6-13)21(18,19)20/h1-8,10,17H,(H,18,19,20)/b16-10+. The van der Waals surface area contributed by atoms with Gasteiger partial charge >= 0.3 is 0 Å². The van der Waals surface area contributed by atoms with Crippen LogP contribution in [0.2, 0.25) is 0 Å². The number of hydrazone groups is 1. The Morgan fingerprint density at radius 3 is 2.24 bits per heavy atom. The number of hydrogen-bond donors (Lipinski definition) is 2. The molecular formula is C14H11N3O3S. The van der Waals surface area contributed by atoms with Gasteiger partial charge in [-0.15, -0.1) is 0 Å². The molecule has 6 nitrogen and oxygen atoms in total. The number of nitrogens with one attached hydrogen (secondary N) is 1. The third kappa shape index (κ3) is 4.14. The molecule has 2 N–H and O–H groups in total. The van der Waals surface area contributed by atoms with Gasteiger partial charge in [0.05, 0.1) is 28.4 Å². The first-order valence-electron chi connectivity index (χ1n) is 5.86. The molecule has 0 saturated heterocycles. The fraction of sp³-hybridized carbons (Fsp3) is 0.